The molecule has 7 nitrogen and oxygen atoms in total. The summed E-state index contributed by atoms with van der Waals surface area (Å²) in [6.07, 6.45) is 1.73. The number of nitrogens with zero attached hydrogens (tertiary/aromatic N) is 5. The first-order valence-corrected chi connectivity index (χ1v) is 10.0. The van der Waals surface area contributed by atoms with Crippen LogP contribution in [0.25, 0.3) is 5.69 Å². The Hall–Kier alpha value is -2.65. The van der Waals surface area contributed by atoms with E-state index < -0.39 is 0 Å². The zero-order valence-electron chi connectivity index (χ0n) is 14.8. The molecular weight excluding hydrogens is 382 g/mol. The number of rotatable bonds is 9. The van der Waals surface area contributed by atoms with Crippen LogP contribution in [0.4, 0.5) is 0 Å². The maximum Gasteiger partial charge on any atom is 0.233 e. The third kappa shape index (κ3) is 4.95. The van der Waals surface area contributed by atoms with E-state index in [0.717, 1.165) is 16.3 Å². The second-order valence-electron chi connectivity index (χ2n) is 5.50. The molecular formula is C18H19N5O2S2. The Labute approximate surface area is 165 Å². The number of hydrogen-bond donors (Lipinski definition) is 0. The minimum absolute atomic E-state index is 0.0116. The number of ether oxygens (including phenoxy) is 1. The summed E-state index contributed by atoms with van der Waals surface area (Å²) in [5, 5.41) is 14.3. The summed E-state index contributed by atoms with van der Waals surface area (Å²) in [5.74, 6) is 1.01. The SMILES string of the molecule is C=CCN(Cc1cccs1)C(=O)CSc1nnnn1-c1ccc(OC)cc1. The number of carbonyl (C=O) groups excluding carboxylic acids is 1. The predicted molar refractivity (Wildman–Crippen MR) is 106 cm³/mol. The molecule has 0 fully saturated rings. The van der Waals surface area contributed by atoms with Gasteiger partial charge in [0.2, 0.25) is 11.1 Å². The highest BCUT2D eigenvalue weighted by Gasteiger charge is 2.16. The van der Waals surface area contributed by atoms with E-state index in [1.165, 1.54) is 11.8 Å². The van der Waals surface area contributed by atoms with Gasteiger partial charge in [-0.3, -0.25) is 4.79 Å². The Kier molecular flexibility index (Phi) is 6.61. The van der Waals surface area contributed by atoms with Crippen molar-refractivity contribution in [2.45, 2.75) is 11.7 Å². The number of amides is 1. The molecule has 3 aromatic rings. The van der Waals surface area contributed by atoms with Crippen molar-refractivity contribution in [2.75, 3.05) is 19.4 Å². The molecule has 0 radical (unpaired) electrons. The first kappa shape index (κ1) is 19.1. The standard InChI is InChI=1S/C18H19N5O2S2/c1-3-10-22(12-16-5-4-11-26-16)17(24)13-27-18-19-20-21-23(18)14-6-8-15(25-2)9-7-14/h3-9,11H,1,10,12-13H2,2H3. The number of carbonyl (C=O) groups is 1. The van der Waals surface area contributed by atoms with Crippen LogP contribution in [0.5, 0.6) is 5.75 Å². The highest BCUT2D eigenvalue weighted by Crippen LogP contribution is 2.21. The fourth-order valence-electron chi connectivity index (χ4n) is 2.37. The molecule has 0 saturated heterocycles. The van der Waals surface area contributed by atoms with Crippen molar-refractivity contribution in [2.24, 2.45) is 0 Å². The first-order chi connectivity index (χ1) is 13.2. The van der Waals surface area contributed by atoms with Crippen molar-refractivity contribution in [1.82, 2.24) is 25.1 Å². The molecule has 0 N–H and O–H groups in total. The van der Waals surface area contributed by atoms with E-state index in [1.807, 2.05) is 41.8 Å². The van der Waals surface area contributed by atoms with Crippen LogP contribution in [0.15, 0.2) is 59.6 Å². The first-order valence-electron chi connectivity index (χ1n) is 8.18. The van der Waals surface area contributed by atoms with Crippen LogP contribution in [0.3, 0.4) is 0 Å². The van der Waals surface area contributed by atoms with Gasteiger partial charge >= 0.3 is 0 Å². The minimum Gasteiger partial charge on any atom is -0.497 e. The molecule has 0 aliphatic carbocycles. The lowest BCUT2D eigenvalue weighted by atomic mass is 10.3. The van der Waals surface area contributed by atoms with Gasteiger partial charge in [-0.2, -0.15) is 4.68 Å². The van der Waals surface area contributed by atoms with E-state index in [0.29, 0.717) is 18.2 Å². The van der Waals surface area contributed by atoms with Crippen LogP contribution in [0.1, 0.15) is 4.88 Å². The molecule has 27 heavy (non-hydrogen) atoms. The van der Waals surface area contributed by atoms with E-state index >= 15 is 0 Å². The van der Waals surface area contributed by atoms with Gasteiger partial charge in [0.05, 0.1) is 25.1 Å². The smallest absolute Gasteiger partial charge is 0.233 e. The van der Waals surface area contributed by atoms with Crippen molar-refractivity contribution >= 4 is 29.0 Å². The Morgan fingerprint density at radius 1 is 1.37 bits per heavy atom. The Balaban J connectivity index is 1.66. The van der Waals surface area contributed by atoms with Gasteiger partial charge in [0, 0.05) is 11.4 Å². The van der Waals surface area contributed by atoms with Crippen LogP contribution in [-0.2, 0) is 11.3 Å². The highest BCUT2D eigenvalue weighted by molar-refractivity contribution is 7.99. The topological polar surface area (TPSA) is 73.1 Å². The number of thioether (sulfide) groups is 1. The molecule has 1 amide bonds. The van der Waals surface area contributed by atoms with Crippen molar-refractivity contribution in [3.05, 3.63) is 59.3 Å². The average molecular weight is 402 g/mol. The maximum absolute atomic E-state index is 12.7. The Morgan fingerprint density at radius 3 is 2.85 bits per heavy atom. The van der Waals surface area contributed by atoms with E-state index in [1.54, 1.807) is 34.1 Å². The van der Waals surface area contributed by atoms with Crippen LogP contribution < -0.4 is 4.74 Å². The summed E-state index contributed by atoms with van der Waals surface area (Å²) in [7, 11) is 1.62. The molecule has 9 heteroatoms. The fraction of sp³-hybridized carbons (Fsp3) is 0.222. The van der Waals surface area contributed by atoms with Crippen molar-refractivity contribution in [1.29, 1.82) is 0 Å². The molecule has 0 saturated carbocycles. The summed E-state index contributed by atoms with van der Waals surface area (Å²) in [6.45, 7) is 4.82. The minimum atomic E-state index is 0.0116. The summed E-state index contributed by atoms with van der Waals surface area (Å²) >= 11 is 2.94. The average Bonchev–Trinajstić information content (AvgIpc) is 3.37. The van der Waals surface area contributed by atoms with Crippen LogP contribution in [0.2, 0.25) is 0 Å². The van der Waals surface area contributed by atoms with Gasteiger partial charge in [0.1, 0.15) is 5.75 Å². The second kappa shape index (κ2) is 9.33. The predicted octanol–water partition coefficient (Wildman–Crippen LogP) is 3.04. The van der Waals surface area contributed by atoms with E-state index in [-0.39, 0.29) is 11.7 Å². The van der Waals surface area contributed by atoms with Gasteiger partial charge in [0.15, 0.2) is 0 Å². The second-order valence-corrected chi connectivity index (χ2v) is 7.48. The third-order valence-electron chi connectivity index (χ3n) is 3.71. The fourth-order valence-corrected chi connectivity index (χ4v) is 3.89. The van der Waals surface area contributed by atoms with Crippen molar-refractivity contribution in [3.63, 3.8) is 0 Å². The number of hydrogen-bond acceptors (Lipinski definition) is 7. The number of benzene rings is 1. The molecule has 2 heterocycles. The van der Waals surface area contributed by atoms with Gasteiger partial charge in [0.25, 0.3) is 0 Å². The van der Waals surface area contributed by atoms with Crippen molar-refractivity contribution < 1.29 is 9.53 Å². The summed E-state index contributed by atoms with van der Waals surface area (Å²) in [4.78, 5) is 15.6. The molecule has 0 atom stereocenters. The zero-order valence-corrected chi connectivity index (χ0v) is 16.4. The van der Waals surface area contributed by atoms with E-state index in [2.05, 4.69) is 22.1 Å². The molecule has 0 aliphatic heterocycles. The molecule has 140 valence electrons. The molecule has 0 unspecified atom stereocenters. The summed E-state index contributed by atoms with van der Waals surface area (Å²) in [5.41, 5.74) is 0.803. The largest absolute Gasteiger partial charge is 0.497 e. The Morgan fingerprint density at radius 2 is 2.19 bits per heavy atom. The van der Waals surface area contributed by atoms with E-state index in [4.69, 9.17) is 4.74 Å². The molecule has 3 rings (SSSR count). The lowest BCUT2D eigenvalue weighted by molar-refractivity contribution is -0.128. The van der Waals surface area contributed by atoms with Gasteiger partial charge in [-0.15, -0.1) is 23.0 Å². The molecule has 0 aliphatic rings. The number of methoxy groups -OCH3 is 1. The van der Waals surface area contributed by atoms with Gasteiger partial charge in [-0.25, -0.2) is 0 Å². The van der Waals surface area contributed by atoms with E-state index in [9.17, 15) is 4.79 Å². The molecule has 2 aromatic heterocycles. The highest BCUT2D eigenvalue weighted by atomic mass is 32.2. The summed E-state index contributed by atoms with van der Waals surface area (Å²) < 4.78 is 6.77. The lowest BCUT2D eigenvalue weighted by Gasteiger charge is -2.20. The van der Waals surface area contributed by atoms with Crippen LogP contribution >= 0.6 is 23.1 Å². The number of thiophene rings is 1. The number of aromatic nitrogens is 4. The normalized spacial score (nSPS) is 10.6. The zero-order chi connectivity index (χ0) is 19.1. The van der Waals surface area contributed by atoms with Crippen LogP contribution in [-0.4, -0.2) is 50.4 Å². The van der Waals surface area contributed by atoms with Gasteiger partial charge < -0.3 is 9.64 Å². The monoisotopic (exact) mass is 401 g/mol. The molecule has 0 bridgehead atoms. The Bertz CT molecular complexity index is 878. The van der Waals surface area contributed by atoms with Crippen molar-refractivity contribution in [3.8, 4) is 11.4 Å². The van der Waals surface area contributed by atoms with Gasteiger partial charge in [-0.05, 0) is 46.1 Å². The third-order valence-corrected chi connectivity index (χ3v) is 5.48. The quantitative estimate of drug-likeness (QED) is 0.405. The maximum atomic E-state index is 12.7. The number of tetrazole rings is 1. The molecule has 1 aromatic carbocycles. The molecule has 0 spiro atoms. The van der Waals surface area contributed by atoms with Crippen LogP contribution in [0, 0.1) is 0 Å². The van der Waals surface area contributed by atoms with Gasteiger partial charge in [-0.1, -0.05) is 23.9 Å². The lowest BCUT2D eigenvalue weighted by Crippen LogP contribution is -2.31. The summed E-state index contributed by atoms with van der Waals surface area (Å²) in [6, 6.07) is 11.4.